The number of carbonyl (C=O) groups is 3. The first-order chi connectivity index (χ1) is 8.50. The third-order valence-electron chi connectivity index (χ3n) is 2.66. The molecule has 0 aliphatic heterocycles. The molecule has 1 fully saturated rings. The average Bonchev–Trinajstić information content (AvgIpc) is 3.08. The van der Waals surface area contributed by atoms with Gasteiger partial charge in [0, 0.05) is 20.0 Å². The molecule has 1 unspecified atom stereocenters. The zero-order chi connectivity index (χ0) is 13.5. The minimum absolute atomic E-state index is 0.0203. The van der Waals surface area contributed by atoms with Crippen LogP contribution in [0.5, 0.6) is 0 Å². The summed E-state index contributed by atoms with van der Waals surface area (Å²) >= 11 is 0. The number of hydrogen-bond acceptors (Lipinski definition) is 4. The van der Waals surface area contributed by atoms with Crippen LogP contribution in [0.25, 0.3) is 0 Å². The topological polar surface area (TPSA) is 108 Å². The van der Waals surface area contributed by atoms with Gasteiger partial charge in [0.2, 0.25) is 11.8 Å². The monoisotopic (exact) mass is 257 g/mol. The highest BCUT2D eigenvalue weighted by molar-refractivity contribution is 5.80. The van der Waals surface area contributed by atoms with Crippen LogP contribution in [0.2, 0.25) is 0 Å². The Morgan fingerprint density at radius 3 is 2.33 bits per heavy atom. The molecule has 1 atom stereocenters. The van der Waals surface area contributed by atoms with Crippen LogP contribution >= 0.6 is 0 Å². The molecule has 0 bridgehead atoms. The minimum Gasteiger partial charge on any atom is -0.480 e. The first-order valence-electron chi connectivity index (χ1n) is 5.98. The maximum absolute atomic E-state index is 11.4. The van der Waals surface area contributed by atoms with Crippen molar-refractivity contribution in [3.8, 4) is 0 Å². The predicted octanol–water partition coefficient (Wildman–Crippen LogP) is -1.31. The molecule has 0 aromatic rings. The van der Waals surface area contributed by atoms with Crippen molar-refractivity contribution in [2.75, 3.05) is 19.6 Å². The van der Waals surface area contributed by atoms with E-state index in [0.29, 0.717) is 13.1 Å². The number of rotatable bonds is 8. The van der Waals surface area contributed by atoms with Crippen LogP contribution in [0.3, 0.4) is 0 Å². The molecule has 0 spiro atoms. The van der Waals surface area contributed by atoms with Gasteiger partial charge < -0.3 is 15.7 Å². The summed E-state index contributed by atoms with van der Waals surface area (Å²) in [4.78, 5) is 32.8. The maximum atomic E-state index is 11.4. The minimum atomic E-state index is -0.913. The fourth-order valence-electron chi connectivity index (χ4n) is 1.59. The summed E-state index contributed by atoms with van der Waals surface area (Å²) in [5.41, 5.74) is 0. The Kier molecular flexibility index (Phi) is 5.57. The number of carbonyl (C=O) groups excluding carboxylic acids is 2. The van der Waals surface area contributed by atoms with Crippen molar-refractivity contribution >= 4 is 17.8 Å². The fraction of sp³-hybridized carbons (Fsp3) is 0.727. The highest BCUT2D eigenvalue weighted by Gasteiger charge is 2.35. The van der Waals surface area contributed by atoms with Gasteiger partial charge in [-0.1, -0.05) is 0 Å². The van der Waals surface area contributed by atoms with Crippen molar-refractivity contribution in [1.82, 2.24) is 16.0 Å². The Labute approximate surface area is 105 Å². The summed E-state index contributed by atoms with van der Waals surface area (Å²) < 4.78 is 0. The lowest BCUT2D eigenvalue weighted by atomic mass is 10.2. The van der Waals surface area contributed by atoms with E-state index in [1.807, 2.05) is 0 Å². The van der Waals surface area contributed by atoms with E-state index in [-0.39, 0.29) is 24.3 Å². The molecule has 0 heterocycles. The van der Waals surface area contributed by atoms with Crippen LogP contribution in [0.1, 0.15) is 19.8 Å². The van der Waals surface area contributed by atoms with Crippen LogP contribution in [0.4, 0.5) is 0 Å². The van der Waals surface area contributed by atoms with Crippen molar-refractivity contribution in [3.63, 3.8) is 0 Å². The van der Waals surface area contributed by atoms with E-state index in [2.05, 4.69) is 16.0 Å². The highest BCUT2D eigenvalue weighted by atomic mass is 16.4. The lowest BCUT2D eigenvalue weighted by Crippen LogP contribution is -2.45. The summed E-state index contributed by atoms with van der Waals surface area (Å²) in [5, 5.41) is 16.8. The zero-order valence-corrected chi connectivity index (χ0v) is 10.4. The number of amides is 2. The van der Waals surface area contributed by atoms with Crippen molar-refractivity contribution in [3.05, 3.63) is 0 Å². The Bertz CT molecular complexity index is 328. The van der Waals surface area contributed by atoms with E-state index in [4.69, 9.17) is 5.11 Å². The molecule has 0 radical (unpaired) electrons. The number of aliphatic carboxylic acids is 1. The molecule has 1 rings (SSSR count). The number of nitrogens with one attached hydrogen (secondary N) is 3. The van der Waals surface area contributed by atoms with Crippen molar-refractivity contribution in [1.29, 1.82) is 0 Å². The van der Waals surface area contributed by atoms with Gasteiger partial charge in [-0.2, -0.15) is 0 Å². The molecule has 0 aromatic heterocycles. The van der Waals surface area contributed by atoms with E-state index in [1.165, 1.54) is 6.92 Å². The molecule has 2 amide bonds. The Morgan fingerprint density at radius 2 is 1.83 bits per heavy atom. The summed E-state index contributed by atoms with van der Waals surface area (Å²) in [7, 11) is 0. The Morgan fingerprint density at radius 1 is 1.22 bits per heavy atom. The van der Waals surface area contributed by atoms with Crippen LogP contribution in [-0.4, -0.2) is 48.6 Å². The van der Waals surface area contributed by atoms with Gasteiger partial charge in [0.15, 0.2) is 0 Å². The molecule has 4 N–H and O–H groups in total. The lowest BCUT2D eigenvalue weighted by Gasteiger charge is -2.13. The fourth-order valence-corrected chi connectivity index (χ4v) is 1.59. The van der Waals surface area contributed by atoms with Gasteiger partial charge in [0.05, 0.1) is 6.54 Å². The van der Waals surface area contributed by atoms with E-state index in [0.717, 1.165) is 12.8 Å². The molecular weight excluding hydrogens is 238 g/mol. The van der Waals surface area contributed by atoms with Gasteiger partial charge in [0.1, 0.15) is 6.04 Å². The van der Waals surface area contributed by atoms with E-state index < -0.39 is 12.0 Å². The molecule has 7 nitrogen and oxygen atoms in total. The zero-order valence-electron chi connectivity index (χ0n) is 10.4. The molecule has 1 aliphatic carbocycles. The molecule has 0 saturated heterocycles. The van der Waals surface area contributed by atoms with E-state index in [1.54, 1.807) is 0 Å². The molecular formula is C11H19N3O4. The number of carboxylic acid groups (broad SMARTS) is 1. The normalized spacial score (nSPS) is 15.8. The van der Waals surface area contributed by atoms with Crippen LogP contribution in [0.15, 0.2) is 0 Å². The molecule has 1 aliphatic rings. The SMILES string of the molecule is CC(=O)NCCNC(=O)CNC(C(=O)O)C1CC1. The number of hydrogen-bond donors (Lipinski definition) is 4. The van der Waals surface area contributed by atoms with Gasteiger partial charge in [-0.3, -0.25) is 19.7 Å². The van der Waals surface area contributed by atoms with Crippen LogP contribution < -0.4 is 16.0 Å². The quantitative estimate of drug-likeness (QED) is 0.404. The second-order valence-electron chi connectivity index (χ2n) is 4.37. The summed E-state index contributed by atoms with van der Waals surface area (Å²) in [6.07, 6.45) is 1.79. The van der Waals surface area contributed by atoms with E-state index >= 15 is 0 Å². The van der Waals surface area contributed by atoms with Gasteiger partial charge in [-0.05, 0) is 18.8 Å². The van der Waals surface area contributed by atoms with Gasteiger partial charge in [0.25, 0.3) is 0 Å². The second kappa shape index (κ2) is 6.95. The lowest BCUT2D eigenvalue weighted by molar-refractivity contribution is -0.140. The molecule has 102 valence electrons. The molecule has 1 saturated carbocycles. The summed E-state index contributed by atoms with van der Waals surface area (Å²) in [6, 6.07) is -0.633. The van der Waals surface area contributed by atoms with Crippen molar-refractivity contribution < 1.29 is 19.5 Å². The molecule has 7 heteroatoms. The van der Waals surface area contributed by atoms with Crippen molar-refractivity contribution in [2.24, 2.45) is 5.92 Å². The largest absolute Gasteiger partial charge is 0.480 e. The predicted molar refractivity (Wildman–Crippen MR) is 63.8 cm³/mol. The van der Waals surface area contributed by atoms with Crippen LogP contribution in [-0.2, 0) is 14.4 Å². The smallest absolute Gasteiger partial charge is 0.320 e. The van der Waals surface area contributed by atoms with Crippen molar-refractivity contribution in [2.45, 2.75) is 25.8 Å². The third kappa shape index (κ3) is 5.62. The first-order valence-corrected chi connectivity index (χ1v) is 5.98. The van der Waals surface area contributed by atoms with Gasteiger partial charge >= 0.3 is 5.97 Å². The summed E-state index contributed by atoms with van der Waals surface area (Å²) in [6.45, 7) is 2.08. The highest BCUT2D eigenvalue weighted by Crippen LogP contribution is 2.32. The number of carboxylic acids is 1. The molecule has 0 aromatic carbocycles. The molecule has 18 heavy (non-hydrogen) atoms. The second-order valence-corrected chi connectivity index (χ2v) is 4.37. The Balaban J connectivity index is 2.12. The van der Waals surface area contributed by atoms with Gasteiger partial charge in [-0.15, -0.1) is 0 Å². The first kappa shape index (κ1) is 14.4. The standard InChI is InChI=1S/C11H19N3O4/c1-7(15)12-4-5-13-9(16)6-14-10(11(17)18)8-2-3-8/h8,10,14H,2-6H2,1H3,(H,12,15)(H,13,16)(H,17,18). The Hall–Kier alpha value is -1.63. The third-order valence-corrected chi connectivity index (χ3v) is 2.66. The summed E-state index contributed by atoms with van der Waals surface area (Å²) in [5.74, 6) is -1.19. The van der Waals surface area contributed by atoms with Gasteiger partial charge in [-0.25, -0.2) is 0 Å². The van der Waals surface area contributed by atoms with Crippen LogP contribution in [0, 0.1) is 5.92 Å². The average molecular weight is 257 g/mol. The van der Waals surface area contributed by atoms with E-state index in [9.17, 15) is 14.4 Å². The maximum Gasteiger partial charge on any atom is 0.320 e.